The molecule has 1 aromatic carbocycles. The molecule has 100 valence electrons. The van der Waals surface area contributed by atoms with Gasteiger partial charge in [0.1, 0.15) is 11.6 Å². The average Bonchev–Trinajstić information content (AvgIpc) is 2.31. The zero-order valence-electron chi connectivity index (χ0n) is 11.7. The van der Waals surface area contributed by atoms with Crippen molar-refractivity contribution in [2.75, 3.05) is 5.73 Å². The van der Waals surface area contributed by atoms with E-state index in [0.717, 1.165) is 11.3 Å². The molecule has 0 saturated carbocycles. The molecule has 4 heteroatoms. The van der Waals surface area contributed by atoms with Gasteiger partial charge in [-0.25, -0.2) is 14.4 Å². The van der Waals surface area contributed by atoms with Crippen molar-refractivity contribution in [2.45, 2.75) is 33.1 Å². The highest BCUT2D eigenvalue weighted by Crippen LogP contribution is 2.25. The van der Waals surface area contributed by atoms with Gasteiger partial charge in [0, 0.05) is 17.0 Å². The number of anilines is 1. The maximum absolute atomic E-state index is 13.3. The molecule has 2 aromatic rings. The molecule has 0 radical (unpaired) electrons. The molecule has 0 aliphatic carbocycles. The van der Waals surface area contributed by atoms with Crippen LogP contribution in [0.3, 0.4) is 0 Å². The number of aryl methyl sites for hydroxylation is 1. The Morgan fingerprint density at radius 2 is 1.79 bits per heavy atom. The van der Waals surface area contributed by atoms with Gasteiger partial charge in [-0.15, -0.1) is 0 Å². The SMILES string of the molecule is Cc1cc(-c2nc(N)cc(C(C)(C)C)n2)ccc1F. The predicted molar refractivity (Wildman–Crippen MR) is 75.3 cm³/mol. The van der Waals surface area contributed by atoms with E-state index in [4.69, 9.17) is 5.73 Å². The topological polar surface area (TPSA) is 51.8 Å². The van der Waals surface area contributed by atoms with Gasteiger partial charge in [0.05, 0.1) is 5.69 Å². The number of nitrogens with two attached hydrogens (primary N) is 1. The van der Waals surface area contributed by atoms with Crippen LogP contribution >= 0.6 is 0 Å². The van der Waals surface area contributed by atoms with Crippen LogP contribution in [0.25, 0.3) is 11.4 Å². The molecular weight excluding hydrogens is 241 g/mol. The van der Waals surface area contributed by atoms with Gasteiger partial charge in [-0.2, -0.15) is 0 Å². The highest BCUT2D eigenvalue weighted by Gasteiger charge is 2.18. The Morgan fingerprint density at radius 3 is 2.37 bits per heavy atom. The van der Waals surface area contributed by atoms with Crippen molar-refractivity contribution in [3.05, 3.63) is 41.3 Å². The van der Waals surface area contributed by atoms with E-state index in [2.05, 4.69) is 30.7 Å². The highest BCUT2D eigenvalue weighted by molar-refractivity contribution is 5.58. The van der Waals surface area contributed by atoms with E-state index >= 15 is 0 Å². The Balaban J connectivity index is 2.56. The largest absolute Gasteiger partial charge is 0.384 e. The van der Waals surface area contributed by atoms with Crippen molar-refractivity contribution >= 4 is 5.82 Å². The van der Waals surface area contributed by atoms with E-state index in [1.807, 2.05) is 0 Å². The van der Waals surface area contributed by atoms with Crippen LogP contribution in [-0.4, -0.2) is 9.97 Å². The lowest BCUT2D eigenvalue weighted by Crippen LogP contribution is -2.15. The maximum atomic E-state index is 13.3. The molecule has 1 aromatic heterocycles. The van der Waals surface area contributed by atoms with Gasteiger partial charge < -0.3 is 5.73 Å². The summed E-state index contributed by atoms with van der Waals surface area (Å²) >= 11 is 0. The van der Waals surface area contributed by atoms with Gasteiger partial charge in [-0.1, -0.05) is 20.8 Å². The zero-order chi connectivity index (χ0) is 14.2. The standard InChI is InChI=1S/C15H18FN3/c1-9-7-10(5-6-11(9)16)14-18-12(15(2,3)4)8-13(17)19-14/h5-8H,1-4H3,(H2,17,18,19). The molecule has 2 rings (SSSR count). The van der Waals surface area contributed by atoms with Gasteiger partial charge in [0.2, 0.25) is 0 Å². The number of benzene rings is 1. The molecule has 0 bridgehead atoms. The minimum absolute atomic E-state index is 0.110. The second-order valence-electron chi connectivity index (χ2n) is 5.72. The Labute approximate surface area is 112 Å². The van der Waals surface area contributed by atoms with Crippen molar-refractivity contribution < 1.29 is 4.39 Å². The molecule has 0 amide bonds. The van der Waals surface area contributed by atoms with E-state index in [0.29, 0.717) is 17.2 Å². The number of nitrogens with zero attached hydrogens (tertiary/aromatic N) is 2. The zero-order valence-corrected chi connectivity index (χ0v) is 11.7. The molecule has 3 nitrogen and oxygen atoms in total. The molecule has 0 unspecified atom stereocenters. The van der Waals surface area contributed by atoms with E-state index in [1.54, 1.807) is 25.1 Å². The number of nitrogen functional groups attached to an aromatic ring is 1. The van der Waals surface area contributed by atoms with Gasteiger partial charge in [-0.3, -0.25) is 0 Å². The van der Waals surface area contributed by atoms with Crippen LogP contribution in [0.15, 0.2) is 24.3 Å². The number of rotatable bonds is 1. The van der Waals surface area contributed by atoms with Gasteiger partial charge in [0.25, 0.3) is 0 Å². The molecule has 0 fully saturated rings. The van der Waals surface area contributed by atoms with Gasteiger partial charge in [-0.05, 0) is 30.7 Å². The lowest BCUT2D eigenvalue weighted by molar-refractivity contribution is 0.568. The molecular formula is C15H18FN3. The van der Waals surface area contributed by atoms with Crippen molar-refractivity contribution in [1.29, 1.82) is 0 Å². The van der Waals surface area contributed by atoms with Crippen LogP contribution in [0.4, 0.5) is 10.2 Å². The summed E-state index contributed by atoms with van der Waals surface area (Å²) in [7, 11) is 0. The summed E-state index contributed by atoms with van der Waals surface area (Å²) < 4.78 is 13.3. The lowest BCUT2D eigenvalue weighted by Gasteiger charge is -2.18. The van der Waals surface area contributed by atoms with Crippen LogP contribution in [-0.2, 0) is 5.41 Å². The monoisotopic (exact) mass is 259 g/mol. The van der Waals surface area contributed by atoms with E-state index in [9.17, 15) is 4.39 Å². The number of hydrogen-bond acceptors (Lipinski definition) is 3. The summed E-state index contributed by atoms with van der Waals surface area (Å²) in [6, 6.07) is 6.61. The Hall–Kier alpha value is -1.97. The normalized spacial score (nSPS) is 11.6. The number of halogens is 1. The Kier molecular flexibility index (Phi) is 3.27. The Bertz CT molecular complexity index is 615. The number of hydrogen-bond donors (Lipinski definition) is 1. The highest BCUT2D eigenvalue weighted by atomic mass is 19.1. The summed E-state index contributed by atoms with van der Waals surface area (Å²) in [5, 5.41) is 0. The third-order valence-corrected chi connectivity index (χ3v) is 2.93. The first-order chi connectivity index (χ1) is 8.77. The molecule has 0 aliphatic rings. The average molecular weight is 259 g/mol. The van der Waals surface area contributed by atoms with Crippen molar-refractivity contribution in [2.24, 2.45) is 0 Å². The minimum atomic E-state index is -0.233. The van der Waals surface area contributed by atoms with Crippen LogP contribution < -0.4 is 5.73 Å². The third kappa shape index (κ3) is 2.89. The van der Waals surface area contributed by atoms with E-state index < -0.39 is 0 Å². The second kappa shape index (κ2) is 4.61. The molecule has 2 N–H and O–H groups in total. The van der Waals surface area contributed by atoms with Crippen molar-refractivity contribution in [1.82, 2.24) is 9.97 Å². The lowest BCUT2D eigenvalue weighted by atomic mass is 9.92. The quantitative estimate of drug-likeness (QED) is 0.853. The summed E-state index contributed by atoms with van der Waals surface area (Å²) in [4.78, 5) is 8.76. The van der Waals surface area contributed by atoms with Crippen molar-refractivity contribution in [3.8, 4) is 11.4 Å². The van der Waals surface area contributed by atoms with E-state index in [-0.39, 0.29) is 11.2 Å². The molecule has 0 saturated heterocycles. The molecule has 0 aliphatic heterocycles. The van der Waals surface area contributed by atoms with E-state index in [1.165, 1.54) is 6.07 Å². The molecule has 0 atom stereocenters. The van der Waals surface area contributed by atoms with Crippen LogP contribution in [0.1, 0.15) is 32.0 Å². The fourth-order valence-electron chi connectivity index (χ4n) is 1.76. The summed E-state index contributed by atoms with van der Waals surface area (Å²) in [6.45, 7) is 7.91. The Morgan fingerprint density at radius 1 is 1.11 bits per heavy atom. The van der Waals surface area contributed by atoms with Crippen molar-refractivity contribution in [3.63, 3.8) is 0 Å². The first-order valence-electron chi connectivity index (χ1n) is 6.19. The summed E-state index contributed by atoms with van der Waals surface area (Å²) in [5.41, 5.74) is 7.94. The van der Waals surface area contributed by atoms with Crippen LogP contribution in [0.2, 0.25) is 0 Å². The van der Waals surface area contributed by atoms with Crippen LogP contribution in [0.5, 0.6) is 0 Å². The molecule has 19 heavy (non-hydrogen) atoms. The molecule has 1 heterocycles. The smallest absolute Gasteiger partial charge is 0.161 e. The fraction of sp³-hybridized carbons (Fsp3) is 0.333. The third-order valence-electron chi connectivity index (χ3n) is 2.93. The second-order valence-corrected chi connectivity index (χ2v) is 5.72. The van der Waals surface area contributed by atoms with Gasteiger partial charge >= 0.3 is 0 Å². The maximum Gasteiger partial charge on any atom is 0.161 e. The minimum Gasteiger partial charge on any atom is -0.384 e. The first kappa shape index (κ1) is 13.5. The van der Waals surface area contributed by atoms with Crippen LogP contribution in [0, 0.1) is 12.7 Å². The fourth-order valence-corrected chi connectivity index (χ4v) is 1.76. The summed E-state index contributed by atoms with van der Waals surface area (Å²) in [6.07, 6.45) is 0. The van der Waals surface area contributed by atoms with Gasteiger partial charge in [0.15, 0.2) is 5.82 Å². The molecule has 0 spiro atoms. The number of aromatic nitrogens is 2. The predicted octanol–water partition coefficient (Wildman–Crippen LogP) is 3.47. The first-order valence-corrected chi connectivity index (χ1v) is 6.19. The summed E-state index contributed by atoms with van der Waals surface area (Å²) in [5.74, 6) is 0.730.